The highest BCUT2D eigenvalue weighted by Gasteiger charge is 2.35. The number of methoxy groups -OCH3 is 2. The van der Waals surface area contributed by atoms with Crippen molar-refractivity contribution < 1.29 is 14.6 Å². The minimum Gasteiger partial charge on any atom is -0.507 e. The van der Waals surface area contributed by atoms with E-state index < -0.39 is 0 Å². The number of halogens is 2. The second-order valence-corrected chi connectivity index (χ2v) is 6.89. The number of piperazine rings is 1. The first-order valence-corrected chi connectivity index (χ1v) is 9.14. The van der Waals surface area contributed by atoms with Crippen LogP contribution >= 0.6 is 24.8 Å². The number of hydrogen-bond acceptors (Lipinski definition) is 5. The van der Waals surface area contributed by atoms with E-state index in [-0.39, 0.29) is 30.9 Å². The lowest BCUT2D eigenvalue weighted by Gasteiger charge is -2.41. The predicted octanol–water partition coefficient (Wildman–Crippen LogP) is 3.78. The fraction of sp³-hybridized carbons (Fsp3) is 0.684. The summed E-state index contributed by atoms with van der Waals surface area (Å²) in [5.41, 5.74) is 0.937. The van der Waals surface area contributed by atoms with Gasteiger partial charge in [0.15, 0.2) is 0 Å². The minimum absolute atomic E-state index is 0. The van der Waals surface area contributed by atoms with Gasteiger partial charge < -0.3 is 19.9 Å². The molecule has 1 aromatic carbocycles. The van der Waals surface area contributed by atoms with E-state index in [0.29, 0.717) is 17.4 Å². The quantitative estimate of drug-likeness (QED) is 0.778. The monoisotopic (exact) mass is 406 g/mol. The van der Waals surface area contributed by atoms with E-state index in [1.54, 1.807) is 20.3 Å². The lowest BCUT2D eigenvalue weighted by Crippen LogP contribution is -2.47. The van der Waals surface area contributed by atoms with Crippen molar-refractivity contribution in [1.29, 1.82) is 0 Å². The molecule has 2 aliphatic rings. The molecule has 0 unspecified atom stereocenters. The third-order valence-electron chi connectivity index (χ3n) is 5.49. The van der Waals surface area contributed by atoms with Crippen molar-refractivity contribution >= 4 is 24.8 Å². The van der Waals surface area contributed by atoms with E-state index in [2.05, 4.69) is 10.2 Å². The molecule has 0 bridgehead atoms. The Hall–Kier alpha value is -0.880. The smallest absolute Gasteiger partial charge is 0.131 e. The number of nitrogens with one attached hydrogen (secondary N) is 1. The number of rotatable bonds is 5. The number of nitrogens with zero attached hydrogens (tertiary/aromatic N) is 1. The summed E-state index contributed by atoms with van der Waals surface area (Å²) >= 11 is 0. The molecular weight excluding hydrogens is 375 g/mol. The number of aromatic hydroxyl groups is 1. The number of ether oxygens (including phenoxy) is 2. The first-order chi connectivity index (χ1) is 11.7. The first kappa shape index (κ1) is 23.2. The number of phenols is 1. The van der Waals surface area contributed by atoms with Crippen LogP contribution in [0.15, 0.2) is 12.1 Å². The van der Waals surface area contributed by atoms with Crippen LogP contribution < -0.4 is 14.8 Å². The summed E-state index contributed by atoms with van der Waals surface area (Å²) in [5, 5.41) is 14.2. The van der Waals surface area contributed by atoms with Gasteiger partial charge in [-0.25, -0.2) is 0 Å². The van der Waals surface area contributed by atoms with E-state index >= 15 is 0 Å². The van der Waals surface area contributed by atoms with Gasteiger partial charge in [-0.15, -0.1) is 24.8 Å². The molecule has 1 aliphatic carbocycles. The topological polar surface area (TPSA) is 54.0 Å². The Kier molecular flexibility index (Phi) is 9.86. The molecule has 1 saturated carbocycles. The Labute approximate surface area is 169 Å². The molecule has 0 aromatic heterocycles. The standard InChI is InChI=1S/C19H30N2O3.2ClH/c1-23-15-12-16(22)18(17(13-15)24-2)19(14-6-4-3-5-7-14)21-10-8-20-9-11-21;;/h12-14,19-20,22H,3-11H2,1-2H3;2*1H/t19-;;/m0../s1. The lowest BCUT2D eigenvalue weighted by atomic mass is 9.79. The molecule has 26 heavy (non-hydrogen) atoms. The van der Waals surface area contributed by atoms with Gasteiger partial charge in [-0.1, -0.05) is 19.3 Å². The Balaban J connectivity index is 0.00000169. The van der Waals surface area contributed by atoms with Crippen molar-refractivity contribution in [3.8, 4) is 17.2 Å². The van der Waals surface area contributed by atoms with E-state index in [0.717, 1.165) is 37.5 Å². The van der Waals surface area contributed by atoms with Gasteiger partial charge in [0.1, 0.15) is 17.2 Å². The van der Waals surface area contributed by atoms with Crippen LogP contribution in [0.2, 0.25) is 0 Å². The fourth-order valence-electron chi connectivity index (χ4n) is 4.30. The molecule has 150 valence electrons. The summed E-state index contributed by atoms with van der Waals surface area (Å²) in [6, 6.07) is 3.83. The van der Waals surface area contributed by atoms with Gasteiger partial charge in [0.05, 0.1) is 19.8 Å². The zero-order valence-electron chi connectivity index (χ0n) is 15.7. The van der Waals surface area contributed by atoms with Crippen molar-refractivity contribution in [2.24, 2.45) is 5.92 Å². The Morgan fingerprint density at radius 2 is 1.69 bits per heavy atom. The molecule has 3 rings (SSSR count). The highest BCUT2D eigenvalue weighted by Crippen LogP contribution is 2.46. The van der Waals surface area contributed by atoms with Gasteiger partial charge in [0.25, 0.3) is 0 Å². The Bertz CT molecular complexity index is 530. The largest absolute Gasteiger partial charge is 0.507 e. The summed E-state index contributed by atoms with van der Waals surface area (Å²) in [6.07, 6.45) is 6.35. The predicted molar refractivity (Wildman–Crippen MR) is 109 cm³/mol. The molecule has 1 atom stereocenters. The van der Waals surface area contributed by atoms with Gasteiger partial charge in [-0.2, -0.15) is 0 Å². The fourth-order valence-corrected chi connectivity index (χ4v) is 4.30. The van der Waals surface area contributed by atoms with Crippen LogP contribution in [0.3, 0.4) is 0 Å². The van der Waals surface area contributed by atoms with Crippen molar-refractivity contribution in [1.82, 2.24) is 10.2 Å². The maximum Gasteiger partial charge on any atom is 0.131 e. The summed E-state index contributed by atoms with van der Waals surface area (Å²) < 4.78 is 10.9. The number of benzene rings is 1. The van der Waals surface area contributed by atoms with Crippen LogP contribution in [0, 0.1) is 5.92 Å². The van der Waals surface area contributed by atoms with Crippen molar-refractivity contribution in [3.63, 3.8) is 0 Å². The van der Waals surface area contributed by atoms with Crippen LogP contribution in [0.25, 0.3) is 0 Å². The number of phenolic OH excluding ortho intramolecular Hbond substituents is 1. The van der Waals surface area contributed by atoms with Crippen molar-refractivity contribution in [3.05, 3.63) is 17.7 Å². The second kappa shape index (κ2) is 11.1. The van der Waals surface area contributed by atoms with E-state index in [1.165, 1.54) is 32.1 Å². The summed E-state index contributed by atoms with van der Waals surface area (Å²) in [7, 11) is 3.29. The third-order valence-corrected chi connectivity index (χ3v) is 5.49. The zero-order chi connectivity index (χ0) is 16.9. The van der Waals surface area contributed by atoms with E-state index in [9.17, 15) is 5.11 Å². The highest BCUT2D eigenvalue weighted by molar-refractivity contribution is 5.85. The number of hydrogen-bond donors (Lipinski definition) is 2. The van der Waals surface area contributed by atoms with Crippen molar-refractivity contribution in [2.75, 3.05) is 40.4 Å². The highest BCUT2D eigenvalue weighted by atomic mass is 35.5. The van der Waals surface area contributed by atoms with Crippen molar-refractivity contribution in [2.45, 2.75) is 38.1 Å². The van der Waals surface area contributed by atoms with E-state index in [4.69, 9.17) is 9.47 Å². The molecule has 2 N–H and O–H groups in total. The summed E-state index contributed by atoms with van der Waals surface area (Å²) in [6.45, 7) is 4.02. The molecule has 0 spiro atoms. The molecule has 1 aliphatic heterocycles. The zero-order valence-corrected chi connectivity index (χ0v) is 17.3. The lowest BCUT2D eigenvalue weighted by molar-refractivity contribution is 0.0990. The van der Waals surface area contributed by atoms with Gasteiger partial charge in [-0.05, 0) is 18.8 Å². The maximum atomic E-state index is 10.8. The molecule has 7 heteroatoms. The third kappa shape index (κ3) is 5.10. The Morgan fingerprint density at radius 3 is 2.27 bits per heavy atom. The average molecular weight is 407 g/mol. The van der Waals surface area contributed by atoms with Gasteiger partial charge in [0.2, 0.25) is 0 Å². The van der Waals surface area contributed by atoms with Crippen LogP contribution in [-0.4, -0.2) is 50.4 Å². The van der Waals surface area contributed by atoms with Gasteiger partial charge in [-0.3, -0.25) is 4.90 Å². The molecule has 1 aromatic rings. The van der Waals surface area contributed by atoms with Gasteiger partial charge in [0, 0.05) is 44.4 Å². The van der Waals surface area contributed by atoms with Crippen LogP contribution in [0.4, 0.5) is 0 Å². The SMILES string of the molecule is COc1cc(O)c([C@H](C2CCCCC2)N2CCNCC2)c(OC)c1.Cl.Cl. The molecule has 1 saturated heterocycles. The normalized spacial score (nSPS) is 19.8. The summed E-state index contributed by atoms with van der Waals surface area (Å²) in [4.78, 5) is 2.52. The average Bonchev–Trinajstić information content (AvgIpc) is 2.64. The van der Waals surface area contributed by atoms with Gasteiger partial charge >= 0.3 is 0 Å². The van der Waals surface area contributed by atoms with E-state index in [1.807, 2.05) is 6.07 Å². The molecular formula is C19H32Cl2N2O3. The maximum absolute atomic E-state index is 10.8. The molecule has 5 nitrogen and oxygen atoms in total. The minimum atomic E-state index is 0. The first-order valence-electron chi connectivity index (χ1n) is 9.14. The Morgan fingerprint density at radius 1 is 1.04 bits per heavy atom. The van der Waals surface area contributed by atoms with Crippen LogP contribution in [-0.2, 0) is 0 Å². The van der Waals surface area contributed by atoms with Crippen LogP contribution in [0.5, 0.6) is 17.2 Å². The molecule has 2 fully saturated rings. The van der Waals surface area contributed by atoms with Crippen LogP contribution in [0.1, 0.15) is 43.7 Å². The summed E-state index contributed by atoms with van der Waals surface area (Å²) in [5.74, 6) is 2.24. The molecule has 0 radical (unpaired) electrons. The second-order valence-electron chi connectivity index (χ2n) is 6.89. The molecule has 0 amide bonds. The molecule has 1 heterocycles.